The number of para-hydroxylation sites is 3. The lowest BCUT2D eigenvalue weighted by Gasteiger charge is -2.29. The fourth-order valence-corrected chi connectivity index (χ4v) is 9.73. The van der Waals surface area contributed by atoms with Gasteiger partial charge in [0.25, 0.3) is 0 Å². The van der Waals surface area contributed by atoms with Crippen LogP contribution in [0.25, 0.3) is 77.8 Å². The van der Waals surface area contributed by atoms with Gasteiger partial charge < -0.3 is 4.90 Å². The lowest BCUT2D eigenvalue weighted by molar-refractivity contribution is 0.747. The van der Waals surface area contributed by atoms with Crippen molar-refractivity contribution in [2.75, 3.05) is 4.90 Å². The van der Waals surface area contributed by atoms with Crippen LogP contribution in [0.2, 0.25) is 0 Å². The number of allylic oxidation sites excluding steroid dienone is 2. The molecule has 2 aromatic heterocycles. The summed E-state index contributed by atoms with van der Waals surface area (Å²) in [4.78, 5) is 7.97. The monoisotopic (exact) mass is 791 g/mol. The summed E-state index contributed by atoms with van der Waals surface area (Å²) in [7, 11) is 0. The summed E-state index contributed by atoms with van der Waals surface area (Å²) in [5.74, 6) is 1.14. The standard InChI is InChI=1S/C59H41N3/c1-4-14-40(15-5-1)42-24-26-44(27-25-42)48-38-54(45-30-28-43(29-31-45)41-16-6-2-7-17-41)60-59(39-48)62-56-23-13-11-21-51(56)53-37-47(33-35-58(53)62)46-32-34-57-52(36-46)50-20-10-12-22-55(50)61(57)49-18-8-3-9-19-49/h1-39,52,57H. The van der Waals surface area contributed by atoms with Crippen LogP contribution < -0.4 is 4.90 Å². The van der Waals surface area contributed by atoms with Gasteiger partial charge in [-0.25, -0.2) is 4.98 Å². The van der Waals surface area contributed by atoms with E-state index < -0.39 is 0 Å². The SMILES string of the molecule is C1=CC2C(C=C1c1ccc3c(c1)c1ccccc1n3-c1cc(-c3ccc(-c4ccccc4)cc3)cc(-c3ccc(-c4ccccc4)cc3)n1)c1ccccc1N2c1ccccc1. The Morgan fingerprint density at radius 2 is 0.952 bits per heavy atom. The van der Waals surface area contributed by atoms with Gasteiger partial charge in [0.15, 0.2) is 0 Å². The fourth-order valence-electron chi connectivity index (χ4n) is 9.73. The van der Waals surface area contributed by atoms with Crippen LogP contribution >= 0.6 is 0 Å². The van der Waals surface area contributed by atoms with Crippen molar-refractivity contribution in [2.45, 2.75) is 12.0 Å². The molecule has 0 radical (unpaired) electrons. The van der Waals surface area contributed by atoms with E-state index in [4.69, 9.17) is 4.98 Å². The number of hydrogen-bond donors (Lipinski definition) is 0. The van der Waals surface area contributed by atoms with Gasteiger partial charge in [0.2, 0.25) is 0 Å². The van der Waals surface area contributed by atoms with Crippen LogP contribution in [0.15, 0.2) is 237 Å². The van der Waals surface area contributed by atoms with E-state index in [9.17, 15) is 0 Å². The van der Waals surface area contributed by atoms with Crippen LogP contribution in [-0.4, -0.2) is 15.6 Å². The predicted molar refractivity (Wildman–Crippen MR) is 259 cm³/mol. The highest BCUT2D eigenvalue weighted by Crippen LogP contribution is 2.49. The zero-order valence-corrected chi connectivity index (χ0v) is 34.0. The molecule has 0 N–H and O–H groups in total. The molecule has 1 aliphatic heterocycles. The third kappa shape index (κ3) is 6.17. The minimum absolute atomic E-state index is 0.223. The summed E-state index contributed by atoms with van der Waals surface area (Å²) in [5, 5.41) is 2.41. The third-order valence-electron chi connectivity index (χ3n) is 12.7. The first kappa shape index (κ1) is 35.9. The summed E-state index contributed by atoms with van der Waals surface area (Å²) in [6, 6.07) is 78.9. The number of anilines is 2. The van der Waals surface area contributed by atoms with Crippen molar-refractivity contribution >= 4 is 38.8 Å². The van der Waals surface area contributed by atoms with Crippen LogP contribution in [0.4, 0.5) is 11.4 Å². The normalized spacial score (nSPS) is 15.4. The number of pyridine rings is 1. The maximum atomic E-state index is 5.48. The van der Waals surface area contributed by atoms with Gasteiger partial charge in [-0.1, -0.05) is 188 Å². The fraction of sp³-hybridized carbons (Fsp3) is 0.0339. The van der Waals surface area contributed by atoms with E-state index in [2.05, 4.69) is 246 Å². The summed E-state index contributed by atoms with van der Waals surface area (Å²) >= 11 is 0. The zero-order chi connectivity index (χ0) is 41.0. The first-order chi connectivity index (χ1) is 30.7. The molecule has 0 spiro atoms. The lowest BCUT2D eigenvalue weighted by atomic mass is 9.86. The molecule has 2 unspecified atom stereocenters. The second-order valence-corrected chi connectivity index (χ2v) is 16.3. The number of rotatable bonds is 7. The maximum Gasteiger partial charge on any atom is 0.138 e. The topological polar surface area (TPSA) is 21.1 Å². The van der Waals surface area contributed by atoms with Crippen molar-refractivity contribution in [1.29, 1.82) is 0 Å². The maximum absolute atomic E-state index is 5.48. The van der Waals surface area contributed by atoms with Crippen molar-refractivity contribution in [1.82, 2.24) is 9.55 Å². The summed E-state index contributed by atoms with van der Waals surface area (Å²) in [6.45, 7) is 0. The van der Waals surface area contributed by atoms with E-state index in [1.807, 2.05) is 0 Å². The van der Waals surface area contributed by atoms with Crippen molar-refractivity contribution in [3.8, 4) is 50.5 Å². The predicted octanol–water partition coefficient (Wildman–Crippen LogP) is 15.1. The second kappa shape index (κ2) is 14.9. The number of fused-ring (bicyclic) bond motifs is 6. The Labute approximate surface area is 361 Å². The zero-order valence-electron chi connectivity index (χ0n) is 34.0. The molecular formula is C59H41N3. The molecule has 0 bridgehead atoms. The van der Waals surface area contributed by atoms with Crippen molar-refractivity contribution in [3.05, 3.63) is 248 Å². The Hall–Kier alpha value is -8.01. The largest absolute Gasteiger partial charge is 0.333 e. The van der Waals surface area contributed by atoms with Crippen LogP contribution in [0.5, 0.6) is 0 Å². The molecule has 3 nitrogen and oxygen atoms in total. The number of nitrogens with zero attached hydrogens (tertiary/aromatic N) is 3. The molecule has 1 aliphatic carbocycles. The summed E-state index contributed by atoms with van der Waals surface area (Å²) in [6.07, 6.45) is 7.21. The van der Waals surface area contributed by atoms with Crippen LogP contribution in [-0.2, 0) is 0 Å². The molecular weight excluding hydrogens is 751 g/mol. The van der Waals surface area contributed by atoms with Crippen molar-refractivity contribution in [2.24, 2.45) is 0 Å². The van der Waals surface area contributed by atoms with Gasteiger partial charge in [-0.05, 0) is 98.6 Å². The van der Waals surface area contributed by atoms with Gasteiger partial charge in [0.1, 0.15) is 5.82 Å². The first-order valence-electron chi connectivity index (χ1n) is 21.4. The van der Waals surface area contributed by atoms with Crippen molar-refractivity contribution < 1.29 is 0 Å². The number of benzene rings is 8. The molecule has 62 heavy (non-hydrogen) atoms. The number of aromatic nitrogens is 2. The molecule has 292 valence electrons. The van der Waals surface area contributed by atoms with Crippen LogP contribution in [0.3, 0.4) is 0 Å². The minimum Gasteiger partial charge on any atom is -0.333 e. The Morgan fingerprint density at radius 3 is 1.66 bits per heavy atom. The quantitative estimate of drug-likeness (QED) is 0.160. The smallest absolute Gasteiger partial charge is 0.138 e. The average molecular weight is 792 g/mol. The molecule has 3 heterocycles. The Bertz CT molecular complexity index is 3220. The molecule has 8 aromatic carbocycles. The van der Waals surface area contributed by atoms with Crippen molar-refractivity contribution in [3.63, 3.8) is 0 Å². The molecule has 2 aliphatic rings. The van der Waals surface area contributed by atoms with E-state index in [1.54, 1.807) is 0 Å². The third-order valence-corrected chi connectivity index (χ3v) is 12.7. The highest BCUT2D eigenvalue weighted by Gasteiger charge is 2.38. The Balaban J connectivity index is 0.976. The lowest BCUT2D eigenvalue weighted by Crippen LogP contribution is -2.28. The van der Waals surface area contributed by atoms with Gasteiger partial charge >= 0.3 is 0 Å². The molecule has 12 rings (SSSR count). The Kier molecular flexibility index (Phi) is 8.64. The van der Waals surface area contributed by atoms with Gasteiger partial charge in [-0.15, -0.1) is 0 Å². The van der Waals surface area contributed by atoms with E-state index in [-0.39, 0.29) is 12.0 Å². The Morgan fingerprint density at radius 1 is 0.403 bits per heavy atom. The highest BCUT2D eigenvalue weighted by molar-refractivity contribution is 6.10. The molecule has 2 atom stereocenters. The van der Waals surface area contributed by atoms with Gasteiger partial charge in [0, 0.05) is 33.6 Å². The molecule has 0 fully saturated rings. The second-order valence-electron chi connectivity index (χ2n) is 16.3. The van der Waals surface area contributed by atoms with E-state index in [0.29, 0.717) is 0 Å². The van der Waals surface area contributed by atoms with Crippen LogP contribution in [0.1, 0.15) is 17.0 Å². The van der Waals surface area contributed by atoms with E-state index >= 15 is 0 Å². The summed E-state index contributed by atoms with van der Waals surface area (Å²) < 4.78 is 2.35. The van der Waals surface area contributed by atoms with E-state index in [1.165, 1.54) is 61.1 Å². The van der Waals surface area contributed by atoms with E-state index in [0.717, 1.165) is 39.2 Å². The minimum atomic E-state index is 0.223. The first-order valence-corrected chi connectivity index (χ1v) is 21.4. The molecule has 0 amide bonds. The van der Waals surface area contributed by atoms with Gasteiger partial charge in [0.05, 0.1) is 22.8 Å². The molecule has 0 saturated carbocycles. The van der Waals surface area contributed by atoms with Gasteiger partial charge in [-0.2, -0.15) is 0 Å². The highest BCUT2D eigenvalue weighted by atomic mass is 15.2. The molecule has 3 heteroatoms. The summed E-state index contributed by atoms with van der Waals surface area (Å²) in [5.41, 5.74) is 17.6. The molecule has 10 aromatic rings. The molecule has 0 saturated heterocycles. The number of hydrogen-bond acceptors (Lipinski definition) is 2. The average Bonchev–Trinajstić information content (AvgIpc) is 3.87. The van der Waals surface area contributed by atoms with Crippen LogP contribution in [0, 0.1) is 0 Å². The van der Waals surface area contributed by atoms with Gasteiger partial charge in [-0.3, -0.25) is 4.57 Å².